The van der Waals surface area contributed by atoms with Gasteiger partial charge in [0, 0.05) is 33.2 Å². The molecular weight excluding hydrogens is 1100 g/mol. The fraction of sp³-hybridized carbons (Fsp3) is 0.205. The molecule has 0 saturated heterocycles. The van der Waals surface area contributed by atoms with Gasteiger partial charge in [0.1, 0.15) is 37.2 Å². The summed E-state index contributed by atoms with van der Waals surface area (Å²) in [5.74, 6) is -1.90. The molecule has 2 aromatic carbocycles. The summed E-state index contributed by atoms with van der Waals surface area (Å²) in [6.07, 6.45) is 2.70. The number of benzene rings is 2. The van der Waals surface area contributed by atoms with Crippen molar-refractivity contribution in [1.82, 2.24) is 29.9 Å². The van der Waals surface area contributed by atoms with E-state index in [1.165, 1.54) is 55.6 Å². The zero-order valence-corrected chi connectivity index (χ0v) is 47.6. The number of carbonyl (C=O) groups is 3. The van der Waals surface area contributed by atoms with E-state index in [9.17, 15) is 18.4 Å². The molecule has 0 bridgehead atoms. The zero-order valence-electron chi connectivity index (χ0n) is 33.6. The molecule has 0 fully saturated rings. The van der Waals surface area contributed by atoms with Crippen LogP contribution in [0, 0.1) is 39.3 Å². The van der Waals surface area contributed by atoms with Gasteiger partial charge in [0.2, 0.25) is 5.88 Å². The molecule has 6 heterocycles. The topological polar surface area (TPSA) is 215 Å². The minimum absolute atomic E-state index is 0. The second-order valence-electron chi connectivity index (χ2n) is 11.7. The number of methoxy groups -OCH3 is 2. The average molecular weight is 1140 g/mol. The van der Waals surface area contributed by atoms with Gasteiger partial charge in [-0.15, -0.1) is 22.7 Å². The first-order chi connectivity index (χ1) is 27.2. The number of thiophene rings is 2. The molecule has 3 N–H and O–H groups in total. The maximum absolute atomic E-state index is 14.8. The number of rotatable bonds is 5. The number of esters is 2. The number of halogens is 3. The van der Waals surface area contributed by atoms with E-state index in [1.54, 1.807) is 44.2 Å². The van der Waals surface area contributed by atoms with Crippen LogP contribution < -0.4 is 148 Å². The summed E-state index contributed by atoms with van der Waals surface area (Å²) in [4.78, 5) is 59.1. The maximum Gasteiger partial charge on any atom is 1.00 e. The van der Waals surface area contributed by atoms with Gasteiger partial charge in [0.15, 0.2) is 23.1 Å². The predicted molar refractivity (Wildman–Crippen MR) is 221 cm³/mol. The molecule has 0 unspecified atom stereocenters. The summed E-state index contributed by atoms with van der Waals surface area (Å²) >= 11 is 8.37. The smallest absolute Gasteiger partial charge is 1.00 e. The number of nitrogens with one attached hydrogen (secondary N) is 2. The van der Waals surface area contributed by atoms with Crippen LogP contribution in [-0.2, 0) is 19.2 Å². The molecule has 15 nitrogen and oxygen atoms in total. The number of aromatic amines is 2. The third kappa shape index (κ3) is 13.2. The number of aromatic nitrogens is 6. The third-order valence-corrected chi connectivity index (χ3v) is 10.7. The summed E-state index contributed by atoms with van der Waals surface area (Å²) in [5, 5.41) is 20.0. The number of carbonyl (C=O) groups excluding carboxylic acids is 3. The van der Waals surface area contributed by atoms with Crippen LogP contribution in [0.1, 0.15) is 58.1 Å². The van der Waals surface area contributed by atoms with Crippen molar-refractivity contribution in [2.45, 2.75) is 42.5 Å². The summed E-state index contributed by atoms with van der Waals surface area (Å²) in [6.45, 7) is 7.09. The Morgan fingerprint density at radius 2 is 1.25 bits per heavy atom. The number of ether oxygens (including phenoxy) is 3. The van der Waals surface area contributed by atoms with Gasteiger partial charge < -0.3 is 40.9 Å². The fourth-order valence-electron chi connectivity index (χ4n) is 5.49. The monoisotopic (exact) mass is 1140 g/mol. The molecule has 0 spiro atoms. The van der Waals surface area contributed by atoms with Crippen LogP contribution >= 0.6 is 34.3 Å². The van der Waals surface area contributed by atoms with Crippen molar-refractivity contribution in [3.05, 3.63) is 98.1 Å². The molecular formula is C39H39ClCs2F2N6O9S2. The van der Waals surface area contributed by atoms with E-state index in [4.69, 9.17) is 36.2 Å². The number of aryl methyl sites for hydroxylation is 4. The Hall–Kier alpha value is -2.18. The van der Waals surface area contributed by atoms with Crippen LogP contribution in [0.2, 0.25) is 5.15 Å². The molecule has 61 heavy (non-hydrogen) atoms. The SMILES string of the molecule is C.C.COC(=O)c1sc2ncnc(Cl)c2c1C.COC(=O)c1sc2ncnc(Oc3ccc4[nH]c(C)cc4c3F)c2c1C.Cc1cc2c(F)c(O)ccc2[nH]1.O=CO[O-].[Cs+].[Cs+].[H-]. The minimum Gasteiger partial charge on any atom is -1.00 e. The first-order valence-electron chi connectivity index (χ1n) is 16.2. The van der Waals surface area contributed by atoms with Crippen molar-refractivity contribution in [2.24, 2.45) is 0 Å². The molecule has 0 saturated carbocycles. The Kier molecular flexibility index (Phi) is 24.2. The van der Waals surface area contributed by atoms with Gasteiger partial charge in [-0.05, 0) is 75.2 Å². The maximum atomic E-state index is 14.8. The second kappa shape index (κ2) is 25.9. The Morgan fingerprint density at radius 3 is 1.74 bits per heavy atom. The molecule has 0 atom stereocenters. The van der Waals surface area contributed by atoms with E-state index in [0.717, 1.165) is 22.3 Å². The molecule has 0 aliphatic carbocycles. The molecule has 6 aromatic heterocycles. The van der Waals surface area contributed by atoms with Gasteiger partial charge in [0.25, 0.3) is 6.47 Å². The van der Waals surface area contributed by atoms with Crippen LogP contribution in [0.3, 0.4) is 0 Å². The number of aromatic hydroxyl groups is 1. The number of hydrogen-bond donors (Lipinski definition) is 3. The Bertz CT molecular complexity index is 2790. The number of fused-ring (bicyclic) bond motifs is 4. The quantitative estimate of drug-likeness (QED) is 0.0745. The molecule has 8 rings (SSSR count). The summed E-state index contributed by atoms with van der Waals surface area (Å²) in [7, 11) is 2.66. The van der Waals surface area contributed by atoms with E-state index in [1.807, 2.05) is 13.8 Å². The minimum atomic E-state index is -0.558. The number of H-pyrrole nitrogens is 2. The van der Waals surface area contributed by atoms with Crippen molar-refractivity contribution in [3.8, 4) is 17.4 Å². The molecule has 0 amide bonds. The van der Waals surface area contributed by atoms with Crippen LogP contribution in [-0.4, -0.2) is 67.6 Å². The van der Waals surface area contributed by atoms with Crippen molar-refractivity contribution in [2.75, 3.05) is 14.2 Å². The summed E-state index contributed by atoms with van der Waals surface area (Å²) in [5.41, 5.74) is 4.56. The molecule has 22 heteroatoms. The first kappa shape index (κ1) is 56.8. The molecule has 0 aliphatic rings. The van der Waals surface area contributed by atoms with E-state index >= 15 is 0 Å². The Balaban J connectivity index is 0.000000889. The summed E-state index contributed by atoms with van der Waals surface area (Å²) < 4.78 is 43.2. The summed E-state index contributed by atoms with van der Waals surface area (Å²) in [6, 6.07) is 9.68. The predicted octanol–water partition coefficient (Wildman–Crippen LogP) is 3.10. The molecule has 8 aromatic rings. The van der Waals surface area contributed by atoms with Gasteiger partial charge >= 0.3 is 150 Å². The van der Waals surface area contributed by atoms with Crippen molar-refractivity contribution < 1.29 is 192 Å². The normalized spacial score (nSPS) is 9.87. The van der Waals surface area contributed by atoms with Gasteiger partial charge in [-0.2, -0.15) is 0 Å². The van der Waals surface area contributed by atoms with E-state index in [-0.39, 0.29) is 184 Å². The molecule has 314 valence electrons. The van der Waals surface area contributed by atoms with Gasteiger partial charge in [0.05, 0.1) is 25.0 Å². The van der Waals surface area contributed by atoms with Crippen LogP contribution in [0.4, 0.5) is 8.78 Å². The van der Waals surface area contributed by atoms with Crippen molar-refractivity contribution in [3.63, 3.8) is 0 Å². The van der Waals surface area contributed by atoms with Crippen molar-refractivity contribution >= 4 is 94.9 Å². The Morgan fingerprint density at radius 1 is 0.787 bits per heavy atom. The average Bonchev–Trinajstić information content (AvgIpc) is 3.97. The largest absolute Gasteiger partial charge is 1.00 e. The fourth-order valence-corrected chi connectivity index (χ4v) is 7.94. The number of hydrogen-bond acceptors (Lipinski definition) is 15. The van der Waals surface area contributed by atoms with Crippen molar-refractivity contribution in [1.29, 1.82) is 0 Å². The zero-order chi connectivity index (χ0) is 41.6. The number of phenolic OH excluding ortho intramolecular Hbond substituents is 1. The first-order valence-corrected chi connectivity index (χ1v) is 18.2. The van der Waals surface area contributed by atoms with E-state index in [0.29, 0.717) is 57.3 Å². The number of phenols is 1. The molecule has 0 radical (unpaired) electrons. The van der Waals surface area contributed by atoms with E-state index < -0.39 is 17.6 Å². The standard InChI is InChI=1S/C18H14FN3O3S.C9H7ClN2O2S.C9H8FNO.CH2O3.2CH4.2Cs.H/c1-8-6-10-11(22-8)4-5-12(14(10)19)25-16-13-9(2)15(18(23)24-3)26-17(13)21-7-20-16;1-4-5-7(10)11-3-12-8(5)15-6(4)9(13)14-2;1-5-4-6-7(11-5)2-3-8(12)9(6)10;2-1-4-3;;;;;/h4-7,22H,1-3H3;3H,1-2H3;2-4,11-12H,1H3;1,3H;2*1H4;;;/q;;;;;;2*+1;-1/p-1. The third-order valence-electron chi connectivity index (χ3n) is 8.05. The van der Waals surface area contributed by atoms with Gasteiger partial charge in [-0.3, -0.25) is 4.79 Å². The van der Waals surface area contributed by atoms with Crippen LogP contribution in [0.5, 0.6) is 17.4 Å². The van der Waals surface area contributed by atoms with Crippen LogP contribution in [0.25, 0.3) is 42.2 Å². The number of nitrogens with zero attached hydrogens (tertiary/aromatic N) is 4. The Labute approximate surface area is 480 Å². The van der Waals surface area contributed by atoms with E-state index in [2.05, 4.69) is 39.5 Å². The van der Waals surface area contributed by atoms with Crippen LogP contribution in [0.15, 0.2) is 49.1 Å². The second-order valence-corrected chi connectivity index (χ2v) is 14.1. The molecule has 0 aliphatic heterocycles. The van der Waals surface area contributed by atoms with Gasteiger partial charge in [-0.1, -0.05) is 26.5 Å². The van der Waals surface area contributed by atoms with Gasteiger partial charge in [-0.25, -0.2) is 38.3 Å².